The van der Waals surface area contributed by atoms with Crippen molar-refractivity contribution in [2.75, 3.05) is 25.6 Å². The van der Waals surface area contributed by atoms with Gasteiger partial charge in [0.25, 0.3) is 5.82 Å². The summed E-state index contributed by atoms with van der Waals surface area (Å²) in [6.45, 7) is 5.97. The molecule has 0 radical (unpaired) electrons. The first kappa shape index (κ1) is 15.8. The van der Waals surface area contributed by atoms with E-state index in [1.165, 1.54) is 29.7 Å². The summed E-state index contributed by atoms with van der Waals surface area (Å²) < 4.78 is 5.07. The standard InChI is InChI=1S/C17H25N3O/c1-12(2)16-14-8-5-4-7-13(14)15(11-18)17(20-16)19-9-6-10-21-3/h12H,4-10H2,1-3H3,(H,19,20)/p+1. The largest absolute Gasteiger partial charge is 0.385 e. The molecule has 0 aromatic carbocycles. The molecule has 2 rings (SSSR count). The van der Waals surface area contributed by atoms with Crippen LogP contribution >= 0.6 is 0 Å². The van der Waals surface area contributed by atoms with E-state index >= 15 is 0 Å². The summed E-state index contributed by atoms with van der Waals surface area (Å²) in [5.41, 5.74) is 4.75. The van der Waals surface area contributed by atoms with E-state index in [0.717, 1.165) is 43.8 Å². The Morgan fingerprint density at radius 1 is 1.29 bits per heavy atom. The van der Waals surface area contributed by atoms with Crippen molar-refractivity contribution in [2.24, 2.45) is 0 Å². The molecule has 114 valence electrons. The quantitative estimate of drug-likeness (QED) is 0.819. The molecule has 1 aromatic heterocycles. The molecule has 1 heterocycles. The van der Waals surface area contributed by atoms with E-state index in [-0.39, 0.29) is 0 Å². The van der Waals surface area contributed by atoms with Gasteiger partial charge in [-0.1, -0.05) is 13.8 Å². The molecule has 1 aliphatic carbocycles. The Hall–Kier alpha value is -1.60. The van der Waals surface area contributed by atoms with E-state index < -0.39 is 0 Å². The van der Waals surface area contributed by atoms with Crippen LogP contribution in [0.2, 0.25) is 0 Å². The molecule has 0 saturated carbocycles. The number of hydrogen-bond donors (Lipinski definition) is 1. The molecule has 0 unspecified atom stereocenters. The minimum Gasteiger partial charge on any atom is -0.385 e. The lowest BCUT2D eigenvalue weighted by Gasteiger charge is -2.21. The first-order valence-electron chi connectivity index (χ1n) is 7.92. The van der Waals surface area contributed by atoms with Gasteiger partial charge in [-0.2, -0.15) is 5.26 Å². The van der Waals surface area contributed by atoms with E-state index in [1.54, 1.807) is 7.11 Å². The number of aromatic nitrogens is 1. The summed E-state index contributed by atoms with van der Waals surface area (Å²) in [7, 11) is 1.71. The zero-order valence-corrected chi connectivity index (χ0v) is 13.4. The number of ether oxygens (including phenoxy) is 1. The van der Waals surface area contributed by atoms with Crippen LogP contribution < -0.4 is 10.3 Å². The third kappa shape index (κ3) is 3.54. The van der Waals surface area contributed by atoms with Crippen LogP contribution in [0.3, 0.4) is 0 Å². The first-order chi connectivity index (χ1) is 10.2. The van der Waals surface area contributed by atoms with Crippen LogP contribution in [0.5, 0.6) is 0 Å². The molecule has 0 saturated heterocycles. The average molecular weight is 288 g/mol. The Morgan fingerprint density at radius 3 is 2.62 bits per heavy atom. The fourth-order valence-corrected chi connectivity index (χ4v) is 3.08. The van der Waals surface area contributed by atoms with Gasteiger partial charge >= 0.3 is 0 Å². The summed E-state index contributed by atoms with van der Waals surface area (Å²) in [6.07, 6.45) is 5.47. The number of anilines is 1. The van der Waals surface area contributed by atoms with Crippen molar-refractivity contribution in [3.63, 3.8) is 0 Å². The Morgan fingerprint density at radius 2 is 2.00 bits per heavy atom. The zero-order chi connectivity index (χ0) is 15.2. The van der Waals surface area contributed by atoms with Crippen LogP contribution in [-0.4, -0.2) is 20.3 Å². The minimum atomic E-state index is 0.448. The maximum Gasteiger partial charge on any atom is 0.290 e. The summed E-state index contributed by atoms with van der Waals surface area (Å²) in [5, 5.41) is 13.0. The normalized spacial score (nSPS) is 13.9. The molecule has 0 amide bonds. The second-order valence-corrected chi connectivity index (χ2v) is 5.99. The third-order valence-electron chi connectivity index (χ3n) is 4.12. The third-order valence-corrected chi connectivity index (χ3v) is 4.12. The van der Waals surface area contributed by atoms with Crippen LogP contribution in [0, 0.1) is 11.3 Å². The summed E-state index contributed by atoms with van der Waals surface area (Å²) in [6, 6.07) is 2.41. The molecular formula is C17H26N3O+. The lowest BCUT2D eigenvalue weighted by atomic mass is 9.85. The van der Waals surface area contributed by atoms with Gasteiger partial charge in [-0.3, -0.25) is 5.32 Å². The number of nitriles is 1. The fraction of sp³-hybridized carbons (Fsp3) is 0.647. The van der Waals surface area contributed by atoms with Gasteiger partial charge in [-0.05, 0) is 36.8 Å². The van der Waals surface area contributed by atoms with Crippen LogP contribution in [-0.2, 0) is 17.6 Å². The number of nitrogens with one attached hydrogen (secondary N) is 2. The number of methoxy groups -OCH3 is 1. The molecule has 4 nitrogen and oxygen atoms in total. The predicted octanol–water partition coefficient (Wildman–Crippen LogP) is 2.82. The monoisotopic (exact) mass is 288 g/mol. The molecular weight excluding hydrogens is 262 g/mol. The highest BCUT2D eigenvalue weighted by atomic mass is 16.5. The molecule has 0 aliphatic heterocycles. The van der Waals surface area contributed by atoms with E-state index in [9.17, 15) is 5.26 Å². The average Bonchev–Trinajstić information content (AvgIpc) is 2.50. The second kappa shape index (κ2) is 7.42. The molecule has 0 spiro atoms. The maximum absolute atomic E-state index is 9.57. The van der Waals surface area contributed by atoms with Crippen molar-refractivity contribution < 1.29 is 9.72 Å². The highest BCUT2D eigenvalue weighted by Crippen LogP contribution is 2.31. The Labute approximate surface area is 127 Å². The minimum absolute atomic E-state index is 0.448. The topological polar surface area (TPSA) is 59.2 Å². The number of hydrogen-bond acceptors (Lipinski definition) is 3. The van der Waals surface area contributed by atoms with Gasteiger partial charge in [0.1, 0.15) is 17.3 Å². The Bertz CT molecular complexity index is 532. The number of aromatic amines is 1. The van der Waals surface area contributed by atoms with Gasteiger partial charge in [0.05, 0.1) is 6.54 Å². The number of nitrogens with zero attached hydrogens (tertiary/aromatic N) is 1. The fourth-order valence-electron chi connectivity index (χ4n) is 3.08. The van der Waals surface area contributed by atoms with E-state index in [1.807, 2.05) is 0 Å². The van der Waals surface area contributed by atoms with Crippen molar-refractivity contribution in [2.45, 2.75) is 51.9 Å². The number of rotatable bonds is 6. The van der Waals surface area contributed by atoms with Crippen molar-refractivity contribution in [1.82, 2.24) is 0 Å². The maximum atomic E-state index is 9.57. The lowest BCUT2D eigenvalue weighted by Crippen LogP contribution is -2.27. The van der Waals surface area contributed by atoms with E-state index in [2.05, 4.69) is 30.2 Å². The van der Waals surface area contributed by atoms with Gasteiger partial charge in [0.15, 0.2) is 0 Å². The van der Waals surface area contributed by atoms with Crippen molar-refractivity contribution >= 4 is 5.82 Å². The van der Waals surface area contributed by atoms with Crippen LogP contribution in [0.1, 0.15) is 61.4 Å². The predicted molar refractivity (Wildman–Crippen MR) is 83.4 cm³/mol. The van der Waals surface area contributed by atoms with Gasteiger partial charge in [-0.15, -0.1) is 0 Å². The highest BCUT2D eigenvalue weighted by Gasteiger charge is 2.26. The van der Waals surface area contributed by atoms with E-state index in [0.29, 0.717) is 5.92 Å². The van der Waals surface area contributed by atoms with Crippen molar-refractivity contribution in [3.05, 3.63) is 22.4 Å². The number of fused-ring (bicyclic) bond motifs is 1. The van der Waals surface area contributed by atoms with E-state index in [4.69, 9.17) is 4.74 Å². The van der Waals surface area contributed by atoms with Gasteiger partial charge in [-0.25, -0.2) is 4.98 Å². The molecule has 21 heavy (non-hydrogen) atoms. The zero-order valence-electron chi connectivity index (χ0n) is 13.4. The number of H-pyrrole nitrogens is 1. The van der Waals surface area contributed by atoms with Crippen molar-refractivity contribution in [3.8, 4) is 6.07 Å². The van der Waals surface area contributed by atoms with Crippen LogP contribution in [0.25, 0.3) is 0 Å². The first-order valence-corrected chi connectivity index (χ1v) is 7.92. The van der Waals surface area contributed by atoms with Gasteiger partial charge in [0, 0.05) is 26.1 Å². The Balaban J connectivity index is 2.35. The molecule has 2 N–H and O–H groups in total. The molecule has 0 fully saturated rings. The van der Waals surface area contributed by atoms with Crippen LogP contribution in [0.15, 0.2) is 0 Å². The molecule has 0 bridgehead atoms. The summed E-state index contributed by atoms with van der Waals surface area (Å²) >= 11 is 0. The summed E-state index contributed by atoms with van der Waals surface area (Å²) in [5.74, 6) is 1.34. The van der Waals surface area contributed by atoms with Crippen molar-refractivity contribution in [1.29, 1.82) is 5.26 Å². The molecule has 1 aromatic rings. The van der Waals surface area contributed by atoms with Crippen LogP contribution in [0.4, 0.5) is 5.82 Å². The molecule has 4 heteroatoms. The molecule has 0 atom stereocenters. The number of pyridine rings is 1. The smallest absolute Gasteiger partial charge is 0.290 e. The Kier molecular flexibility index (Phi) is 5.58. The molecule has 1 aliphatic rings. The lowest BCUT2D eigenvalue weighted by molar-refractivity contribution is -0.377. The summed E-state index contributed by atoms with van der Waals surface area (Å²) in [4.78, 5) is 3.49. The second-order valence-electron chi connectivity index (χ2n) is 5.99. The SMILES string of the molecule is COCCCNc1[nH+]c(C(C)C)c2c(c1C#N)CCCC2. The van der Waals surface area contributed by atoms with Gasteiger partial charge < -0.3 is 4.74 Å². The van der Waals surface area contributed by atoms with Gasteiger partial charge in [0.2, 0.25) is 0 Å². The highest BCUT2D eigenvalue weighted by molar-refractivity contribution is 5.56.